The molecule has 138 valence electrons. The molecule has 0 saturated carbocycles. The second-order valence-electron chi connectivity index (χ2n) is 5.29. The molecule has 0 bridgehead atoms. The molecule has 0 aliphatic carbocycles. The number of halogens is 1. The third-order valence-corrected chi connectivity index (χ3v) is 3.61. The highest BCUT2D eigenvalue weighted by atomic mass is 35.5. The van der Waals surface area contributed by atoms with E-state index >= 15 is 0 Å². The third-order valence-electron chi connectivity index (χ3n) is 3.37. The largest absolute Gasteiger partial charge is 0.497 e. The first-order chi connectivity index (χ1) is 12.5. The first-order valence-corrected chi connectivity index (χ1v) is 8.47. The minimum absolute atomic E-state index is 0.387. The van der Waals surface area contributed by atoms with Crippen LogP contribution in [0.25, 0.3) is 0 Å². The number of hydrogen-bond donors (Lipinski definition) is 1. The van der Waals surface area contributed by atoms with E-state index in [4.69, 9.17) is 25.8 Å². The van der Waals surface area contributed by atoms with Crippen molar-refractivity contribution in [2.45, 2.75) is 20.0 Å². The summed E-state index contributed by atoms with van der Waals surface area (Å²) in [4.78, 5) is 12.1. The number of carbonyl (C=O) groups is 1. The number of amides is 1. The molecule has 0 radical (unpaired) electrons. The zero-order valence-electron chi connectivity index (χ0n) is 14.9. The first-order valence-electron chi connectivity index (χ1n) is 8.09. The predicted molar refractivity (Wildman–Crippen MR) is 101 cm³/mol. The number of hydrazone groups is 1. The lowest BCUT2D eigenvalue weighted by Crippen LogP contribution is -2.33. The van der Waals surface area contributed by atoms with E-state index in [1.165, 1.54) is 6.21 Å². The lowest BCUT2D eigenvalue weighted by atomic mass is 10.2. The Morgan fingerprint density at radius 3 is 2.77 bits per heavy atom. The highest BCUT2D eigenvalue weighted by Crippen LogP contribution is 2.22. The van der Waals surface area contributed by atoms with Crippen LogP contribution in [-0.4, -0.2) is 31.9 Å². The Hall–Kier alpha value is -2.73. The van der Waals surface area contributed by atoms with Crippen LogP contribution in [0.15, 0.2) is 47.6 Å². The van der Waals surface area contributed by atoms with E-state index in [1.54, 1.807) is 56.5 Å². The van der Waals surface area contributed by atoms with Gasteiger partial charge in [-0.3, -0.25) is 4.79 Å². The van der Waals surface area contributed by atoms with Crippen LogP contribution in [0, 0.1) is 0 Å². The van der Waals surface area contributed by atoms with Crippen molar-refractivity contribution in [3.63, 3.8) is 0 Å². The molecule has 1 unspecified atom stereocenters. The predicted octanol–water partition coefficient (Wildman–Crippen LogP) is 3.66. The van der Waals surface area contributed by atoms with Gasteiger partial charge in [0, 0.05) is 10.6 Å². The van der Waals surface area contributed by atoms with Crippen molar-refractivity contribution >= 4 is 23.7 Å². The van der Waals surface area contributed by atoms with Crippen LogP contribution < -0.4 is 19.6 Å². The van der Waals surface area contributed by atoms with E-state index in [1.807, 2.05) is 6.92 Å². The van der Waals surface area contributed by atoms with Gasteiger partial charge in [0.25, 0.3) is 5.91 Å². The van der Waals surface area contributed by atoms with E-state index in [-0.39, 0.29) is 5.91 Å². The number of ether oxygens (including phenoxy) is 3. The molecule has 0 saturated heterocycles. The molecule has 7 heteroatoms. The molecule has 2 aromatic carbocycles. The van der Waals surface area contributed by atoms with Crippen molar-refractivity contribution in [3.05, 3.63) is 53.1 Å². The van der Waals surface area contributed by atoms with Crippen LogP contribution in [0.2, 0.25) is 5.02 Å². The van der Waals surface area contributed by atoms with Gasteiger partial charge in [0.05, 0.1) is 19.9 Å². The van der Waals surface area contributed by atoms with Crippen molar-refractivity contribution in [3.8, 4) is 17.2 Å². The average molecular weight is 377 g/mol. The fraction of sp³-hybridized carbons (Fsp3) is 0.263. The van der Waals surface area contributed by atoms with Crippen molar-refractivity contribution in [1.82, 2.24) is 5.43 Å². The Balaban J connectivity index is 1.99. The summed E-state index contributed by atoms with van der Waals surface area (Å²) in [7, 11) is 1.58. The highest BCUT2D eigenvalue weighted by molar-refractivity contribution is 6.30. The molecule has 1 amide bonds. The van der Waals surface area contributed by atoms with Crippen molar-refractivity contribution in [1.29, 1.82) is 0 Å². The summed E-state index contributed by atoms with van der Waals surface area (Å²) in [6.07, 6.45) is 0.764. The molecule has 26 heavy (non-hydrogen) atoms. The maximum absolute atomic E-state index is 12.1. The normalized spacial score (nSPS) is 11.8. The summed E-state index contributed by atoms with van der Waals surface area (Å²) in [5.41, 5.74) is 3.14. The van der Waals surface area contributed by atoms with Gasteiger partial charge in [0.1, 0.15) is 17.2 Å². The number of hydrogen-bond acceptors (Lipinski definition) is 5. The summed E-state index contributed by atoms with van der Waals surface area (Å²) in [6, 6.07) is 12.2. The maximum atomic E-state index is 12.1. The topological polar surface area (TPSA) is 69.2 Å². The number of nitrogens with one attached hydrogen (secondary N) is 1. The Labute approximate surface area is 157 Å². The van der Waals surface area contributed by atoms with Gasteiger partial charge in [-0.2, -0.15) is 5.10 Å². The summed E-state index contributed by atoms with van der Waals surface area (Å²) >= 11 is 5.90. The van der Waals surface area contributed by atoms with Crippen LogP contribution in [0.1, 0.15) is 19.4 Å². The Bertz CT molecular complexity index is 780. The lowest BCUT2D eigenvalue weighted by Gasteiger charge is -2.13. The quantitative estimate of drug-likeness (QED) is 0.563. The monoisotopic (exact) mass is 376 g/mol. The average Bonchev–Trinajstić information content (AvgIpc) is 2.63. The van der Waals surface area contributed by atoms with Gasteiger partial charge >= 0.3 is 0 Å². The number of nitrogens with zero attached hydrogens (tertiary/aromatic N) is 1. The SMILES string of the molecule is CCOc1ccc(OC)cc1/C=N/NC(=O)C(C)Oc1cccc(Cl)c1. The maximum Gasteiger partial charge on any atom is 0.280 e. The van der Waals surface area contributed by atoms with E-state index in [2.05, 4.69) is 10.5 Å². The van der Waals surface area contributed by atoms with Gasteiger partial charge in [-0.1, -0.05) is 17.7 Å². The minimum atomic E-state index is -0.734. The molecule has 2 rings (SSSR count). The summed E-state index contributed by atoms with van der Waals surface area (Å²) in [6.45, 7) is 4.04. The summed E-state index contributed by atoms with van der Waals surface area (Å²) in [5.74, 6) is 1.44. The smallest absolute Gasteiger partial charge is 0.280 e. The Morgan fingerprint density at radius 1 is 1.27 bits per heavy atom. The molecule has 6 nitrogen and oxygen atoms in total. The van der Waals surface area contributed by atoms with Crippen LogP contribution in [0.3, 0.4) is 0 Å². The van der Waals surface area contributed by atoms with E-state index in [0.29, 0.717) is 34.4 Å². The zero-order valence-corrected chi connectivity index (χ0v) is 15.6. The molecule has 1 N–H and O–H groups in total. The summed E-state index contributed by atoms with van der Waals surface area (Å²) < 4.78 is 16.3. The first kappa shape index (κ1) is 19.6. The van der Waals surface area contributed by atoms with E-state index in [0.717, 1.165) is 0 Å². The fourth-order valence-electron chi connectivity index (χ4n) is 2.10. The van der Waals surface area contributed by atoms with Crippen LogP contribution in [-0.2, 0) is 4.79 Å². The number of carbonyl (C=O) groups excluding carboxylic acids is 1. The molecule has 1 atom stereocenters. The molecule has 0 fully saturated rings. The number of benzene rings is 2. The second-order valence-corrected chi connectivity index (χ2v) is 5.72. The highest BCUT2D eigenvalue weighted by Gasteiger charge is 2.14. The molecule has 0 aliphatic rings. The number of methoxy groups -OCH3 is 1. The second kappa shape index (κ2) is 9.68. The molecule has 0 spiro atoms. The molecular formula is C19H21ClN2O4. The Morgan fingerprint density at radius 2 is 2.08 bits per heavy atom. The third kappa shape index (κ3) is 5.67. The standard InChI is InChI=1S/C19H21ClN2O4/c1-4-25-18-9-8-16(24-3)10-14(18)12-21-22-19(23)13(2)26-17-7-5-6-15(20)11-17/h5-13H,4H2,1-3H3,(H,22,23)/b21-12+. The molecule has 0 aromatic heterocycles. The van der Waals surface area contributed by atoms with E-state index in [9.17, 15) is 4.79 Å². The molecular weight excluding hydrogens is 356 g/mol. The van der Waals surface area contributed by atoms with Gasteiger partial charge < -0.3 is 14.2 Å². The molecule has 0 aliphatic heterocycles. The van der Waals surface area contributed by atoms with Gasteiger partial charge in [0.2, 0.25) is 0 Å². The van der Waals surface area contributed by atoms with Crippen LogP contribution in [0.4, 0.5) is 0 Å². The molecule has 2 aromatic rings. The van der Waals surface area contributed by atoms with E-state index < -0.39 is 6.10 Å². The van der Waals surface area contributed by atoms with Crippen LogP contribution >= 0.6 is 11.6 Å². The lowest BCUT2D eigenvalue weighted by molar-refractivity contribution is -0.127. The fourth-order valence-corrected chi connectivity index (χ4v) is 2.28. The number of rotatable bonds is 8. The van der Waals surface area contributed by atoms with Gasteiger partial charge in [-0.05, 0) is 50.2 Å². The minimum Gasteiger partial charge on any atom is -0.497 e. The van der Waals surface area contributed by atoms with Gasteiger partial charge in [-0.25, -0.2) is 5.43 Å². The van der Waals surface area contributed by atoms with Crippen molar-refractivity contribution < 1.29 is 19.0 Å². The van der Waals surface area contributed by atoms with Crippen molar-refractivity contribution in [2.24, 2.45) is 5.10 Å². The zero-order chi connectivity index (χ0) is 18.9. The Kier molecular flexibility index (Phi) is 7.29. The van der Waals surface area contributed by atoms with Crippen molar-refractivity contribution in [2.75, 3.05) is 13.7 Å². The van der Waals surface area contributed by atoms with Gasteiger partial charge in [-0.15, -0.1) is 0 Å². The van der Waals surface area contributed by atoms with Crippen LogP contribution in [0.5, 0.6) is 17.2 Å². The summed E-state index contributed by atoms with van der Waals surface area (Å²) in [5, 5.41) is 4.51. The van der Waals surface area contributed by atoms with Gasteiger partial charge in [0.15, 0.2) is 6.10 Å². The molecule has 0 heterocycles.